The van der Waals surface area contributed by atoms with Crippen molar-refractivity contribution in [1.29, 1.82) is 0 Å². The van der Waals surface area contributed by atoms with E-state index in [0.29, 0.717) is 11.6 Å². The van der Waals surface area contributed by atoms with Crippen LogP contribution < -0.4 is 10.9 Å². The van der Waals surface area contributed by atoms with Gasteiger partial charge in [0.25, 0.3) is 0 Å². The van der Waals surface area contributed by atoms with E-state index in [2.05, 4.69) is 15.8 Å². The van der Waals surface area contributed by atoms with Gasteiger partial charge in [0.2, 0.25) is 5.91 Å². The molecule has 0 unspecified atom stereocenters. The second-order valence-electron chi connectivity index (χ2n) is 3.08. The number of nitrogens with zero attached hydrogens (tertiary/aromatic N) is 1. The smallest absolute Gasteiger partial charge is 0.304 e. The van der Waals surface area contributed by atoms with Gasteiger partial charge in [0.05, 0.1) is 12.2 Å². The van der Waals surface area contributed by atoms with Gasteiger partial charge in [-0.1, -0.05) is 6.07 Å². The summed E-state index contributed by atoms with van der Waals surface area (Å²) in [6, 6.07) is 5.29. The number of aliphatic carboxylic acids is 1. The molecule has 1 heterocycles. The molecule has 1 aromatic rings. The standard InChI is InChI=1S/C10H13N3O3S/c14-9(7-17-6-4-10(15)16)13-12-8-3-1-2-5-11-8/h1-3,5H,4,6-7H2,(H,11,12)(H,13,14)(H,15,16). The van der Waals surface area contributed by atoms with E-state index in [4.69, 9.17) is 5.11 Å². The Morgan fingerprint density at radius 3 is 2.88 bits per heavy atom. The average Bonchev–Trinajstić information content (AvgIpc) is 2.33. The number of anilines is 1. The van der Waals surface area contributed by atoms with Crippen LogP contribution in [0.3, 0.4) is 0 Å². The maximum absolute atomic E-state index is 11.3. The summed E-state index contributed by atoms with van der Waals surface area (Å²) in [5, 5.41) is 8.40. The molecule has 6 nitrogen and oxygen atoms in total. The largest absolute Gasteiger partial charge is 0.481 e. The van der Waals surface area contributed by atoms with Crippen LogP contribution in [0.15, 0.2) is 24.4 Å². The van der Waals surface area contributed by atoms with E-state index in [1.165, 1.54) is 11.8 Å². The van der Waals surface area contributed by atoms with E-state index in [-0.39, 0.29) is 18.1 Å². The van der Waals surface area contributed by atoms with Crippen LogP contribution in [-0.2, 0) is 9.59 Å². The van der Waals surface area contributed by atoms with Crippen molar-refractivity contribution in [3.63, 3.8) is 0 Å². The number of hydrazine groups is 1. The van der Waals surface area contributed by atoms with E-state index < -0.39 is 5.97 Å². The first-order valence-corrected chi connectivity index (χ1v) is 6.09. The summed E-state index contributed by atoms with van der Waals surface area (Å²) in [5.41, 5.74) is 5.12. The minimum absolute atomic E-state index is 0.0611. The number of rotatable bonds is 7. The molecule has 0 aliphatic heterocycles. The number of carboxylic acid groups (broad SMARTS) is 1. The Morgan fingerprint density at radius 1 is 1.41 bits per heavy atom. The monoisotopic (exact) mass is 255 g/mol. The predicted molar refractivity (Wildman–Crippen MR) is 65.6 cm³/mol. The fourth-order valence-corrected chi connectivity index (χ4v) is 1.65. The molecular formula is C10H13N3O3S. The molecule has 1 rings (SSSR count). The van der Waals surface area contributed by atoms with Gasteiger partial charge < -0.3 is 5.11 Å². The Labute approximate surface area is 103 Å². The van der Waals surface area contributed by atoms with Crippen LogP contribution in [0.1, 0.15) is 6.42 Å². The summed E-state index contributed by atoms with van der Waals surface area (Å²) in [4.78, 5) is 25.5. The number of nitrogens with one attached hydrogen (secondary N) is 2. The third-order valence-electron chi connectivity index (χ3n) is 1.69. The zero-order chi connectivity index (χ0) is 12.5. The molecule has 0 spiro atoms. The van der Waals surface area contributed by atoms with Crippen molar-refractivity contribution in [3.8, 4) is 0 Å². The highest BCUT2D eigenvalue weighted by atomic mass is 32.2. The molecule has 0 radical (unpaired) electrons. The molecule has 17 heavy (non-hydrogen) atoms. The van der Waals surface area contributed by atoms with Crippen molar-refractivity contribution >= 4 is 29.5 Å². The van der Waals surface area contributed by atoms with Gasteiger partial charge in [-0.15, -0.1) is 0 Å². The summed E-state index contributed by atoms with van der Waals surface area (Å²) >= 11 is 1.27. The summed E-state index contributed by atoms with van der Waals surface area (Å²) in [6.45, 7) is 0. The van der Waals surface area contributed by atoms with Gasteiger partial charge in [-0.2, -0.15) is 11.8 Å². The highest BCUT2D eigenvalue weighted by Gasteiger charge is 2.02. The number of carboxylic acids is 1. The summed E-state index contributed by atoms with van der Waals surface area (Å²) in [6.07, 6.45) is 1.67. The van der Waals surface area contributed by atoms with Crippen molar-refractivity contribution in [1.82, 2.24) is 10.4 Å². The average molecular weight is 255 g/mol. The van der Waals surface area contributed by atoms with Crippen LogP contribution in [0.2, 0.25) is 0 Å². The fraction of sp³-hybridized carbons (Fsp3) is 0.300. The quantitative estimate of drug-likeness (QED) is 0.491. The minimum Gasteiger partial charge on any atom is -0.481 e. The van der Waals surface area contributed by atoms with Gasteiger partial charge >= 0.3 is 5.97 Å². The Balaban J connectivity index is 2.11. The van der Waals surface area contributed by atoms with Gasteiger partial charge in [0, 0.05) is 11.9 Å². The number of hydrogen-bond donors (Lipinski definition) is 3. The van der Waals surface area contributed by atoms with Crippen LogP contribution in [-0.4, -0.2) is 33.5 Å². The molecule has 0 saturated carbocycles. The zero-order valence-corrected chi connectivity index (χ0v) is 9.87. The first kappa shape index (κ1) is 13.3. The van der Waals surface area contributed by atoms with Crippen molar-refractivity contribution in [3.05, 3.63) is 24.4 Å². The lowest BCUT2D eigenvalue weighted by molar-refractivity contribution is -0.136. The number of pyridine rings is 1. The maximum atomic E-state index is 11.3. The zero-order valence-electron chi connectivity index (χ0n) is 9.05. The minimum atomic E-state index is -0.857. The van der Waals surface area contributed by atoms with Gasteiger partial charge in [-0.3, -0.25) is 20.4 Å². The molecule has 0 bridgehead atoms. The van der Waals surface area contributed by atoms with E-state index >= 15 is 0 Å². The molecule has 3 N–H and O–H groups in total. The Bertz CT molecular complexity index is 372. The fourth-order valence-electron chi connectivity index (χ4n) is 0.931. The number of amides is 1. The van der Waals surface area contributed by atoms with Crippen LogP contribution in [0, 0.1) is 0 Å². The molecule has 92 valence electrons. The summed E-state index contributed by atoms with van der Waals surface area (Å²) in [7, 11) is 0. The lowest BCUT2D eigenvalue weighted by Gasteiger charge is -2.06. The second-order valence-corrected chi connectivity index (χ2v) is 4.19. The highest BCUT2D eigenvalue weighted by molar-refractivity contribution is 7.99. The van der Waals surface area contributed by atoms with Crippen LogP contribution >= 0.6 is 11.8 Å². The number of aromatic nitrogens is 1. The van der Waals surface area contributed by atoms with Crippen LogP contribution in [0.25, 0.3) is 0 Å². The number of carbonyl (C=O) groups excluding carboxylic acids is 1. The third-order valence-corrected chi connectivity index (χ3v) is 2.65. The highest BCUT2D eigenvalue weighted by Crippen LogP contribution is 2.02. The normalized spacial score (nSPS) is 9.65. The SMILES string of the molecule is O=C(O)CCSCC(=O)NNc1ccccn1. The van der Waals surface area contributed by atoms with E-state index in [0.717, 1.165) is 0 Å². The number of hydrogen-bond acceptors (Lipinski definition) is 5. The Kier molecular flexibility index (Phi) is 5.87. The molecule has 0 aliphatic rings. The van der Waals surface area contributed by atoms with Crippen LogP contribution in [0.4, 0.5) is 5.82 Å². The van der Waals surface area contributed by atoms with E-state index in [9.17, 15) is 9.59 Å². The van der Waals surface area contributed by atoms with Crippen molar-refractivity contribution in [2.75, 3.05) is 16.9 Å². The molecule has 0 saturated heterocycles. The first-order chi connectivity index (χ1) is 8.18. The van der Waals surface area contributed by atoms with Gasteiger partial charge in [-0.05, 0) is 12.1 Å². The lowest BCUT2D eigenvalue weighted by Crippen LogP contribution is -2.31. The molecule has 0 atom stereocenters. The van der Waals surface area contributed by atoms with Gasteiger partial charge in [0.15, 0.2) is 0 Å². The lowest BCUT2D eigenvalue weighted by atomic mass is 10.5. The van der Waals surface area contributed by atoms with E-state index in [1.807, 2.05) is 0 Å². The summed E-state index contributed by atoms with van der Waals surface area (Å²) in [5.74, 6) is 0.117. The summed E-state index contributed by atoms with van der Waals surface area (Å²) < 4.78 is 0. The van der Waals surface area contributed by atoms with E-state index in [1.54, 1.807) is 24.4 Å². The maximum Gasteiger partial charge on any atom is 0.304 e. The Morgan fingerprint density at radius 2 is 2.24 bits per heavy atom. The number of thioether (sulfide) groups is 1. The topological polar surface area (TPSA) is 91.3 Å². The molecule has 0 fully saturated rings. The molecule has 0 aliphatic carbocycles. The first-order valence-electron chi connectivity index (χ1n) is 4.94. The molecule has 1 amide bonds. The number of carbonyl (C=O) groups is 2. The predicted octanol–water partition coefficient (Wildman–Crippen LogP) is 0.733. The molecule has 1 aromatic heterocycles. The van der Waals surface area contributed by atoms with Crippen LogP contribution in [0.5, 0.6) is 0 Å². The van der Waals surface area contributed by atoms with Crippen molar-refractivity contribution < 1.29 is 14.7 Å². The van der Waals surface area contributed by atoms with Gasteiger partial charge in [-0.25, -0.2) is 4.98 Å². The molecule has 0 aromatic carbocycles. The second kappa shape index (κ2) is 7.50. The molecular weight excluding hydrogens is 242 g/mol. The molecule has 7 heteroatoms. The van der Waals surface area contributed by atoms with Gasteiger partial charge in [0.1, 0.15) is 5.82 Å². The van der Waals surface area contributed by atoms with Crippen molar-refractivity contribution in [2.24, 2.45) is 0 Å². The third kappa shape index (κ3) is 6.41. The van der Waals surface area contributed by atoms with Crippen molar-refractivity contribution in [2.45, 2.75) is 6.42 Å². The Hall–Kier alpha value is -1.76.